The number of ether oxygens (including phenoxy) is 1. The van der Waals surface area contributed by atoms with Gasteiger partial charge in [0.15, 0.2) is 6.10 Å². The van der Waals surface area contributed by atoms with Crippen LogP contribution in [0.15, 0.2) is 30.3 Å². The van der Waals surface area contributed by atoms with Crippen molar-refractivity contribution in [1.29, 1.82) is 5.26 Å². The topological polar surface area (TPSA) is 50.1 Å². The molecular weight excluding hydrogens is 190 g/mol. The molecule has 0 radical (unpaired) electrons. The van der Waals surface area contributed by atoms with Crippen LogP contribution in [-0.4, -0.2) is 12.1 Å². The monoisotopic (exact) mass is 203 g/mol. The van der Waals surface area contributed by atoms with Gasteiger partial charge in [-0.25, -0.2) is 4.79 Å². The van der Waals surface area contributed by atoms with Gasteiger partial charge < -0.3 is 4.74 Å². The first-order chi connectivity index (χ1) is 7.27. The molecule has 3 heteroatoms. The van der Waals surface area contributed by atoms with Crippen molar-refractivity contribution in [3.63, 3.8) is 0 Å². The van der Waals surface area contributed by atoms with Crippen LogP contribution in [0.25, 0.3) is 0 Å². The van der Waals surface area contributed by atoms with Crippen LogP contribution in [0.3, 0.4) is 0 Å². The summed E-state index contributed by atoms with van der Waals surface area (Å²) in [5.74, 6) is -0.435. The van der Waals surface area contributed by atoms with Gasteiger partial charge >= 0.3 is 5.97 Å². The lowest BCUT2D eigenvalue weighted by Crippen LogP contribution is -2.16. The Labute approximate surface area is 89.3 Å². The Kier molecular flexibility index (Phi) is 4.36. The van der Waals surface area contributed by atoms with Crippen LogP contribution < -0.4 is 0 Å². The largest absolute Gasteiger partial charge is 0.443 e. The van der Waals surface area contributed by atoms with Gasteiger partial charge in [0.05, 0.1) is 5.56 Å². The van der Waals surface area contributed by atoms with E-state index in [-0.39, 0.29) is 0 Å². The van der Waals surface area contributed by atoms with Crippen LogP contribution in [0.1, 0.15) is 30.1 Å². The first-order valence-electron chi connectivity index (χ1n) is 4.93. The van der Waals surface area contributed by atoms with Gasteiger partial charge in [-0.3, -0.25) is 0 Å². The molecule has 3 nitrogen and oxygen atoms in total. The van der Waals surface area contributed by atoms with Crippen LogP contribution in [-0.2, 0) is 4.74 Å². The first-order valence-corrected chi connectivity index (χ1v) is 4.93. The maximum absolute atomic E-state index is 11.5. The highest BCUT2D eigenvalue weighted by atomic mass is 16.5. The van der Waals surface area contributed by atoms with Crippen molar-refractivity contribution in [2.45, 2.75) is 25.9 Å². The van der Waals surface area contributed by atoms with Crippen molar-refractivity contribution < 1.29 is 9.53 Å². The highest BCUT2D eigenvalue weighted by molar-refractivity contribution is 5.89. The second-order valence-electron chi connectivity index (χ2n) is 3.18. The Bertz CT molecular complexity index is 354. The molecule has 0 saturated carbocycles. The molecule has 0 saturated heterocycles. The number of benzene rings is 1. The molecule has 0 bridgehead atoms. The third-order valence-electron chi connectivity index (χ3n) is 1.95. The van der Waals surface area contributed by atoms with Crippen molar-refractivity contribution >= 4 is 5.97 Å². The van der Waals surface area contributed by atoms with Crippen LogP contribution in [0.2, 0.25) is 0 Å². The van der Waals surface area contributed by atoms with Crippen LogP contribution >= 0.6 is 0 Å². The van der Waals surface area contributed by atoms with Crippen LogP contribution in [0, 0.1) is 11.3 Å². The second kappa shape index (κ2) is 5.82. The number of hydrogen-bond donors (Lipinski definition) is 0. The minimum atomic E-state index is -0.636. The molecule has 0 fully saturated rings. The predicted molar refractivity (Wildman–Crippen MR) is 56.2 cm³/mol. The predicted octanol–water partition coefficient (Wildman–Crippen LogP) is 2.54. The highest BCUT2D eigenvalue weighted by Gasteiger charge is 2.13. The minimum absolute atomic E-state index is 0.435. The van der Waals surface area contributed by atoms with E-state index in [0.29, 0.717) is 12.0 Å². The number of carbonyl (C=O) groups is 1. The van der Waals surface area contributed by atoms with Crippen molar-refractivity contribution in [2.75, 3.05) is 0 Å². The van der Waals surface area contributed by atoms with Crippen molar-refractivity contribution in [3.8, 4) is 6.07 Å². The molecule has 0 aliphatic rings. The van der Waals surface area contributed by atoms with E-state index in [2.05, 4.69) is 0 Å². The fourth-order valence-corrected chi connectivity index (χ4v) is 1.18. The summed E-state index contributed by atoms with van der Waals surface area (Å²) in [7, 11) is 0. The molecule has 0 N–H and O–H groups in total. The summed E-state index contributed by atoms with van der Waals surface area (Å²) in [5, 5.41) is 8.73. The fraction of sp³-hybridized carbons (Fsp3) is 0.333. The van der Waals surface area contributed by atoms with E-state index in [9.17, 15) is 4.79 Å². The van der Waals surface area contributed by atoms with Crippen LogP contribution in [0.4, 0.5) is 0 Å². The zero-order chi connectivity index (χ0) is 11.1. The quantitative estimate of drug-likeness (QED) is 0.706. The summed E-state index contributed by atoms with van der Waals surface area (Å²) in [6.45, 7) is 1.95. The van der Waals surface area contributed by atoms with Gasteiger partial charge in [0.2, 0.25) is 0 Å². The zero-order valence-corrected chi connectivity index (χ0v) is 8.64. The standard InChI is InChI=1S/C12H13NO2/c1-2-6-11(9-13)15-12(14)10-7-4-3-5-8-10/h3-5,7-8,11H,2,6H2,1H3/t11-/m0/s1. The number of rotatable bonds is 4. The van der Waals surface area contributed by atoms with E-state index in [0.717, 1.165) is 6.42 Å². The maximum atomic E-state index is 11.5. The summed E-state index contributed by atoms with van der Waals surface area (Å²) < 4.78 is 5.03. The van der Waals surface area contributed by atoms with Gasteiger partial charge in [-0.15, -0.1) is 0 Å². The van der Waals surface area contributed by atoms with Gasteiger partial charge in [-0.2, -0.15) is 5.26 Å². The number of nitriles is 1. The molecule has 0 spiro atoms. The average molecular weight is 203 g/mol. The Morgan fingerprint density at radius 2 is 2.13 bits per heavy atom. The molecule has 0 aliphatic heterocycles. The Morgan fingerprint density at radius 3 is 2.67 bits per heavy atom. The zero-order valence-electron chi connectivity index (χ0n) is 8.64. The summed E-state index contributed by atoms with van der Waals surface area (Å²) >= 11 is 0. The molecule has 0 aromatic heterocycles. The van der Waals surface area contributed by atoms with E-state index in [1.165, 1.54) is 0 Å². The lowest BCUT2D eigenvalue weighted by Gasteiger charge is -2.09. The minimum Gasteiger partial charge on any atom is -0.443 e. The SMILES string of the molecule is CCC[C@@H](C#N)OC(=O)c1ccccc1. The van der Waals surface area contributed by atoms with Crippen molar-refractivity contribution in [1.82, 2.24) is 0 Å². The first kappa shape index (κ1) is 11.3. The van der Waals surface area contributed by atoms with Gasteiger partial charge in [0.25, 0.3) is 0 Å². The molecule has 1 rings (SSSR count). The maximum Gasteiger partial charge on any atom is 0.339 e. The van der Waals surface area contributed by atoms with Crippen LogP contribution in [0.5, 0.6) is 0 Å². The van der Waals surface area contributed by atoms with Crippen molar-refractivity contribution in [3.05, 3.63) is 35.9 Å². The summed E-state index contributed by atoms with van der Waals surface area (Å²) in [4.78, 5) is 11.5. The molecule has 78 valence electrons. The highest BCUT2D eigenvalue weighted by Crippen LogP contribution is 2.07. The third kappa shape index (κ3) is 3.43. The molecule has 15 heavy (non-hydrogen) atoms. The summed E-state index contributed by atoms with van der Waals surface area (Å²) in [6.07, 6.45) is 0.762. The van der Waals surface area contributed by atoms with Gasteiger partial charge in [-0.05, 0) is 18.6 Å². The molecule has 0 aliphatic carbocycles. The summed E-state index contributed by atoms with van der Waals surface area (Å²) in [5.41, 5.74) is 0.480. The molecule has 0 heterocycles. The average Bonchev–Trinajstić information content (AvgIpc) is 2.29. The molecule has 1 atom stereocenters. The number of carbonyl (C=O) groups excluding carboxylic acids is 1. The Balaban J connectivity index is 2.60. The Hall–Kier alpha value is -1.82. The molecule has 0 unspecified atom stereocenters. The van der Waals surface area contributed by atoms with E-state index in [1.807, 2.05) is 19.1 Å². The number of hydrogen-bond acceptors (Lipinski definition) is 3. The molecule has 1 aromatic rings. The van der Waals surface area contributed by atoms with Gasteiger partial charge in [0.1, 0.15) is 6.07 Å². The third-order valence-corrected chi connectivity index (χ3v) is 1.95. The molecular formula is C12H13NO2. The lowest BCUT2D eigenvalue weighted by atomic mass is 10.2. The van der Waals surface area contributed by atoms with E-state index in [4.69, 9.17) is 10.00 Å². The van der Waals surface area contributed by atoms with Gasteiger partial charge in [0, 0.05) is 0 Å². The van der Waals surface area contributed by atoms with E-state index >= 15 is 0 Å². The second-order valence-corrected chi connectivity index (χ2v) is 3.18. The number of esters is 1. The lowest BCUT2D eigenvalue weighted by molar-refractivity contribution is 0.0392. The normalized spacial score (nSPS) is 11.5. The van der Waals surface area contributed by atoms with E-state index < -0.39 is 12.1 Å². The molecule has 0 amide bonds. The van der Waals surface area contributed by atoms with Gasteiger partial charge in [-0.1, -0.05) is 31.5 Å². The smallest absolute Gasteiger partial charge is 0.339 e. The molecule has 1 aromatic carbocycles. The Morgan fingerprint density at radius 1 is 1.47 bits per heavy atom. The fourth-order valence-electron chi connectivity index (χ4n) is 1.18. The van der Waals surface area contributed by atoms with Crippen molar-refractivity contribution in [2.24, 2.45) is 0 Å². The van der Waals surface area contributed by atoms with E-state index in [1.54, 1.807) is 24.3 Å². The number of nitrogens with zero attached hydrogens (tertiary/aromatic N) is 1. The summed E-state index contributed by atoms with van der Waals surface area (Å²) in [6, 6.07) is 10.6.